The highest BCUT2D eigenvalue weighted by molar-refractivity contribution is 5.89. The number of ether oxygens (including phenoxy) is 14. The van der Waals surface area contributed by atoms with Gasteiger partial charge in [-0.2, -0.15) is 0 Å². The summed E-state index contributed by atoms with van der Waals surface area (Å²) in [5.74, 6) is -1.73. The molecule has 0 aromatic heterocycles. The van der Waals surface area contributed by atoms with Crippen LogP contribution in [0.5, 0.6) is 11.5 Å². The number of esters is 8. The Morgan fingerprint density at radius 2 is 0.602 bits per heavy atom. The zero-order valence-electron chi connectivity index (χ0n) is 55.2. The van der Waals surface area contributed by atoms with Crippen molar-refractivity contribution in [1.29, 1.82) is 0 Å². The molecule has 26 nitrogen and oxygen atoms in total. The van der Waals surface area contributed by atoms with E-state index in [1.807, 2.05) is 60.7 Å². The molecular formula is C67H100O26. The molecule has 2 aromatic carbocycles. The van der Waals surface area contributed by atoms with E-state index in [4.69, 9.17) is 34.3 Å². The number of aliphatic hydroxyl groups is 3. The number of allylic oxidation sites excluding steroid dienone is 1. The first kappa shape index (κ1) is 97.5. The predicted octanol–water partition coefficient (Wildman–Crippen LogP) is 6.92. The van der Waals surface area contributed by atoms with Crippen molar-refractivity contribution < 1.29 is 125 Å². The van der Waals surface area contributed by atoms with Crippen LogP contribution in [0.4, 0.5) is 0 Å². The zero-order chi connectivity index (χ0) is 72.1. The van der Waals surface area contributed by atoms with Gasteiger partial charge in [0.15, 0.2) is 5.78 Å². The molecule has 0 amide bonds. The number of carbonyl (C=O) groups is 9. The minimum atomic E-state index is -0.501. The van der Waals surface area contributed by atoms with Crippen LogP contribution in [0.15, 0.2) is 173 Å². The standard InChI is InChI=1S/C12H14O3.C11H12O3.3C7H12O3.2C6H10O3.C6H10O2.C5H8O3/c1-10(2)12(13)15-9-8-14-11-6-4-3-5-7-11;1-2-11(12)14-9-8-13-10-6-4-3-5-7-10;2*1-6(2)7(8)10-5-4-9-3;1-2-7(9)10-6-4-3-5-8;2*1-3-6(7)9-5-4-8-2;1-2-6(8)4-3-5-7;1-2-5(7)8-4-3-6/h3-7H,1,8-9H2,2H3;2-7H,1,8-9H2;2*1,4-5H2,2-3H3;2,8H,1,3-6H2;2*3H,1,4-5H2,2H3;2,7H,1,3-5H2;2,6H,1,3-4H2. The van der Waals surface area contributed by atoms with Gasteiger partial charge in [0.1, 0.15) is 71.0 Å². The summed E-state index contributed by atoms with van der Waals surface area (Å²) in [5, 5.41) is 24.7. The molecule has 0 fully saturated rings. The molecule has 0 atom stereocenters. The van der Waals surface area contributed by atoms with E-state index in [-0.39, 0.29) is 63.3 Å². The number of carbonyl (C=O) groups excluding carboxylic acids is 9. The highest BCUT2D eigenvalue weighted by atomic mass is 16.6. The van der Waals surface area contributed by atoms with Crippen molar-refractivity contribution >= 4 is 53.5 Å². The first-order valence-corrected chi connectivity index (χ1v) is 28.2. The van der Waals surface area contributed by atoms with Crippen molar-refractivity contribution in [2.24, 2.45) is 0 Å². The lowest BCUT2D eigenvalue weighted by atomic mass is 10.2. The van der Waals surface area contributed by atoms with Gasteiger partial charge in [-0.05, 0) is 70.4 Å². The highest BCUT2D eigenvalue weighted by Gasteiger charge is 2.04. The third kappa shape index (κ3) is 87.1. The summed E-state index contributed by atoms with van der Waals surface area (Å²) in [6.07, 6.45) is 9.16. The van der Waals surface area contributed by atoms with Crippen molar-refractivity contribution in [2.75, 3.05) is 141 Å². The summed E-state index contributed by atoms with van der Waals surface area (Å²) in [6.45, 7) is 39.1. The van der Waals surface area contributed by atoms with Crippen LogP contribution in [-0.2, 0) is 100.0 Å². The number of ketones is 1. The smallest absolute Gasteiger partial charge is 0.333 e. The van der Waals surface area contributed by atoms with Gasteiger partial charge >= 0.3 is 47.8 Å². The van der Waals surface area contributed by atoms with Gasteiger partial charge in [0, 0.05) is 95.2 Å². The largest absolute Gasteiger partial charge is 0.490 e. The fourth-order valence-electron chi connectivity index (χ4n) is 4.07. The van der Waals surface area contributed by atoms with Crippen LogP contribution >= 0.6 is 0 Å². The Morgan fingerprint density at radius 1 is 0.333 bits per heavy atom. The van der Waals surface area contributed by atoms with Gasteiger partial charge in [-0.3, -0.25) is 4.79 Å². The number of rotatable bonds is 38. The molecule has 26 heteroatoms. The van der Waals surface area contributed by atoms with Gasteiger partial charge < -0.3 is 81.6 Å². The molecule has 93 heavy (non-hydrogen) atoms. The molecule has 2 aromatic rings. The van der Waals surface area contributed by atoms with E-state index in [9.17, 15) is 43.2 Å². The molecule has 0 unspecified atom stereocenters. The number of methoxy groups -OCH3 is 4. The van der Waals surface area contributed by atoms with Crippen LogP contribution in [0.25, 0.3) is 0 Å². The second-order valence-corrected chi connectivity index (χ2v) is 16.6. The maximum absolute atomic E-state index is 11.0. The molecule has 2 rings (SSSR count). The molecule has 0 radical (unpaired) electrons. The Bertz CT molecular complexity index is 2260. The third-order valence-electron chi connectivity index (χ3n) is 8.59. The van der Waals surface area contributed by atoms with Gasteiger partial charge in [-0.25, -0.2) is 38.4 Å². The molecule has 0 saturated heterocycles. The molecule has 3 N–H and O–H groups in total. The fraction of sp³-hybridized carbons (Fsp3) is 0.418. The number of unbranched alkanes of at least 4 members (excludes halogenated alkanes) is 1. The normalized spacial score (nSPS) is 8.88. The third-order valence-corrected chi connectivity index (χ3v) is 8.59. The van der Waals surface area contributed by atoms with E-state index in [1.54, 1.807) is 49.2 Å². The summed E-state index contributed by atoms with van der Waals surface area (Å²) in [5.41, 5.74) is 1.22. The lowest BCUT2D eigenvalue weighted by Gasteiger charge is -2.06. The second-order valence-electron chi connectivity index (χ2n) is 16.6. The Labute approximate surface area is 548 Å². The van der Waals surface area contributed by atoms with Crippen LogP contribution in [0, 0.1) is 0 Å². The first-order chi connectivity index (χ1) is 44.4. The van der Waals surface area contributed by atoms with E-state index in [0.29, 0.717) is 115 Å². The molecule has 0 aliphatic rings. The van der Waals surface area contributed by atoms with Gasteiger partial charge in [0.2, 0.25) is 0 Å². The van der Waals surface area contributed by atoms with E-state index in [2.05, 4.69) is 107 Å². The SMILES string of the molecule is C=C(C)C(=O)OCCOC.C=C(C)C(=O)OCCOC.C=C(C)C(=O)OCCOc1ccccc1.C=CC(=O)CCCO.C=CC(=O)OCCCCO.C=CC(=O)OCCO.C=CC(=O)OCCOC.C=CC(=O)OCCOC.C=CC(=O)OCCOc1ccccc1. The van der Waals surface area contributed by atoms with Gasteiger partial charge in [-0.15, -0.1) is 0 Å². The molecule has 0 bridgehead atoms. The molecule has 0 saturated carbocycles. The van der Waals surface area contributed by atoms with Crippen LogP contribution in [0.1, 0.15) is 46.5 Å². The number of para-hydroxylation sites is 2. The van der Waals surface area contributed by atoms with Crippen molar-refractivity contribution in [3.05, 3.63) is 173 Å². The summed E-state index contributed by atoms with van der Waals surface area (Å²) < 4.78 is 66.2. The van der Waals surface area contributed by atoms with Crippen molar-refractivity contribution in [2.45, 2.75) is 46.5 Å². The average Bonchev–Trinajstić information content (AvgIpc) is 3.78. The summed E-state index contributed by atoms with van der Waals surface area (Å²) in [6, 6.07) is 18.7. The van der Waals surface area contributed by atoms with Crippen LogP contribution < -0.4 is 9.47 Å². The lowest BCUT2D eigenvalue weighted by Crippen LogP contribution is -2.12. The lowest BCUT2D eigenvalue weighted by molar-refractivity contribution is -0.141. The average molecular weight is 1320 g/mol. The Morgan fingerprint density at radius 3 is 0.860 bits per heavy atom. The van der Waals surface area contributed by atoms with Crippen molar-refractivity contribution in [1.82, 2.24) is 0 Å². The molecule has 0 spiro atoms. The quantitative estimate of drug-likeness (QED) is 0.0266. The fourth-order valence-corrected chi connectivity index (χ4v) is 4.07. The minimum Gasteiger partial charge on any atom is -0.490 e. The van der Waals surface area contributed by atoms with E-state index >= 15 is 0 Å². The van der Waals surface area contributed by atoms with Gasteiger partial charge in [0.25, 0.3) is 0 Å². The summed E-state index contributed by atoms with van der Waals surface area (Å²) in [4.78, 5) is 94.3. The Balaban J connectivity index is -0.000000181. The van der Waals surface area contributed by atoms with Crippen molar-refractivity contribution in [3.63, 3.8) is 0 Å². The van der Waals surface area contributed by atoms with Gasteiger partial charge in [-0.1, -0.05) is 95.6 Å². The van der Waals surface area contributed by atoms with E-state index in [1.165, 1.54) is 6.08 Å². The summed E-state index contributed by atoms with van der Waals surface area (Å²) >= 11 is 0. The Hall–Kier alpha value is -9.15. The van der Waals surface area contributed by atoms with E-state index in [0.717, 1.165) is 41.9 Å². The van der Waals surface area contributed by atoms with E-state index < -0.39 is 29.8 Å². The molecule has 0 aliphatic heterocycles. The second kappa shape index (κ2) is 78.9. The molecular weight excluding hydrogens is 1220 g/mol. The number of hydrogen-bond acceptors (Lipinski definition) is 26. The first-order valence-electron chi connectivity index (χ1n) is 28.2. The number of benzene rings is 2. The predicted molar refractivity (Wildman–Crippen MR) is 349 cm³/mol. The zero-order valence-corrected chi connectivity index (χ0v) is 55.2. The maximum Gasteiger partial charge on any atom is 0.333 e. The van der Waals surface area contributed by atoms with Crippen LogP contribution in [0.2, 0.25) is 0 Å². The molecule has 0 heterocycles. The number of aliphatic hydroxyl groups excluding tert-OH is 3. The summed E-state index contributed by atoms with van der Waals surface area (Å²) in [7, 11) is 6.19. The maximum atomic E-state index is 11.0. The Kier molecular flexibility index (Phi) is 82.7. The van der Waals surface area contributed by atoms with Crippen LogP contribution in [0.3, 0.4) is 0 Å². The highest BCUT2D eigenvalue weighted by Crippen LogP contribution is 2.09. The number of hydrogen-bond donors (Lipinski definition) is 3. The van der Waals surface area contributed by atoms with Gasteiger partial charge in [0.05, 0.1) is 39.6 Å². The van der Waals surface area contributed by atoms with Crippen molar-refractivity contribution in [3.8, 4) is 11.5 Å². The minimum absolute atomic E-state index is 0.000880. The monoisotopic (exact) mass is 1320 g/mol. The van der Waals surface area contributed by atoms with Crippen LogP contribution in [-0.4, -0.2) is 210 Å². The topological polar surface area (TPSA) is 344 Å². The molecule has 524 valence electrons. The molecule has 0 aliphatic carbocycles.